The highest BCUT2D eigenvalue weighted by atomic mass is 79.9. The molecule has 1 aromatic heterocycles. The van der Waals surface area contributed by atoms with E-state index in [9.17, 15) is 0 Å². The average Bonchev–Trinajstić information content (AvgIpc) is 2.66. The average molecular weight is 282 g/mol. The predicted molar refractivity (Wildman–Crippen MR) is 64.2 cm³/mol. The van der Waals surface area contributed by atoms with Crippen LogP contribution in [0.1, 0.15) is 24.4 Å². The van der Waals surface area contributed by atoms with E-state index in [-0.39, 0.29) is 6.04 Å². The summed E-state index contributed by atoms with van der Waals surface area (Å²) in [5, 5.41) is 11.5. The molecule has 5 nitrogen and oxygen atoms in total. The van der Waals surface area contributed by atoms with Gasteiger partial charge >= 0.3 is 0 Å². The Morgan fingerprint density at radius 1 is 1.44 bits per heavy atom. The van der Waals surface area contributed by atoms with Gasteiger partial charge in [0.15, 0.2) is 5.82 Å². The Morgan fingerprint density at radius 3 is 2.81 bits per heavy atom. The van der Waals surface area contributed by atoms with Crippen molar-refractivity contribution in [1.82, 2.24) is 20.2 Å². The molecule has 1 heterocycles. The summed E-state index contributed by atoms with van der Waals surface area (Å²) in [4.78, 5) is 0. The van der Waals surface area contributed by atoms with Crippen LogP contribution in [0.2, 0.25) is 0 Å². The fourth-order valence-corrected chi connectivity index (χ4v) is 2.09. The SMILES string of the molecule is Cc1ccc(-n2nnnc2C(C)N)c(Br)c1. The van der Waals surface area contributed by atoms with Gasteiger partial charge in [-0.2, -0.15) is 4.68 Å². The molecule has 2 aromatic rings. The lowest BCUT2D eigenvalue weighted by Crippen LogP contribution is -2.13. The zero-order valence-electron chi connectivity index (χ0n) is 9.05. The maximum Gasteiger partial charge on any atom is 0.173 e. The van der Waals surface area contributed by atoms with Crippen LogP contribution >= 0.6 is 15.9 Å². The molecule has 6 heteroatoms. The summed E-state index contributed by atoms with van der Waals surface area (Å²) >= 11 is 3.49. The summed E-state index contributed by atoms with van der Waals surface area (Å²) in [6.07, 6.45) is 0. The van der Waals surface area contributed by atoms with Gasteiger partial charge in [-0.05, 0) is 57.9 Å². The summed E-state index contributed by atoms with van der Waals surface area (Å²) in [6.45, 7) is 3.88. The maximum atomic E-state index is 5.80. The molecule has 0 fully saturated rings. The minimum atomic E-state index is -0.205. The standard InChI is InChI=1S/C10H12BrN5/c1-6-3-4-9(8(11)5-6)16-10(7(2)12)13-14-15-16/h3-5,7H,12H2,1-2H3. The van der Waals surface area contributed by atoms with Crippen molar-refractivity contribution in [2.24, 2.45) is 5.73 Å². The Kier molecular flexibility index (Phi) is 3.02. The summed E-state index contributed by atoms with van der Waals surface area (Å²) in [5.41, 5.74) is 7.86. The molecule has 0 bridgehead atoms. The van der Waals surface area contributed by atoms with Crippen LogP contribution in [-0.2, 0) is 0 Å². The number of nitrogens with zero attached hydrogens (tertiary/aromatic N) is 4. The number of rotatable bonds is 2. The minimum absolute atomic E-state index is 0.205. The molecule has 2 rings (SSSR count). The molecule has 0 aliphatic carbocycles. The summed E-state index contributed by atoms with van der Waals surface area (Å²) in [5.74, 6) is 0.643. The number of halogens is 1. The zero-order valence-corrected chi connectivity index (χ0v) is 10.6. The molecule has 0 amide bonds. The zero-order chi connectivity index (χ0) is 11.7. The Hall–Kier alpha value is -1.27. The van der Waals surface area contributed by atoms with Crippen molar-refractivity contribution in [2.45, 2.75) is 19.9 Å². The van der Waals surface area contributed by atoms with Crippen LogP contribution in [-0.4, -0.2) is 20.2 Å². The largest absolute Gasteiger partial charge is 0.321 e. The quantitative estimate of drug-likeness (QED) is 0.911. The molecule has 2 N–H and O–H groups in total. The van der Waals surface area contributed by atoms with Crippen LogP contribution in [0.5, 0.6) is 0 Å². The number of benzene rings is 1. The van der Waals surface area contributed by atoms with Crippen molar-refractivity contribution in [2.75, 3.05) is 0 Å². The number of hydrogen-bond acceptors (Lipinski definition) is 4. The lowest BCUT2D eigenvalue weighted by atomic mass is 10.2. The molecular weight excluding hydrogens is 270 g/mol. The first-order chi connectivity index (χ1) is 7.59. The van der Waals surface area contributed by atoms with Gasteiger partial charge in [0.1, 0.15) is 0 Å². The first-order valence-corrected chi connectivity index (χ1v) is 5.69. The molecule has 0 radical (unpaired) electrons. The van der Waals surface area contributed by atoms with E-state index in [1.165, 1.54) is 5.56 Å². The number of hydrogen-bond donors (Lipinski definition) is 1. The van der Waals surface area contributed by atoms with E-state index in [0.717, 1.165) is 10.2 Å². The van der Waals surface area contributed by atoms with Crippen LogP contribution in [0.4, 0.5) is 0 Å². The third-order valence-corrected chi connectivity index (χ3v) is 2.87. The fraction of sp³-hybridized carbons (Fsp3) is 0.300. The second kappa shape index (κ2) is 4.31. The molecule has 84 valence electrons. The number of nitrogens with two attached hydrogens (primary N) is 1. The second-order valence-electron chi connectivity index (χ2n) is 3.69. The Labute approximate surface area is 102 Å². The van der Waals surface area contributed by atoms with Crippen molar-refractivity contribution < 1.29 is 0 Å². The molecular formula is C10H12BrN5. The lowest BCUT2D eigenvalue weighted by Gasteiger charge is -2.09. The summed E-state index contributed by atoms with van der Waals surface area (Å²) < 4.78 is 2.59. The van der Waals surface area contributed by atoms with Crippen molar-refractivity contribution in [3.63, 3.8) is 0 Å². The van der Waals surface area contributed by atoms with Crippen molar-refractivity contribution in [3.05, 3.63) is 34.1 Å². The Bertz CT molecular complexity index is 506. The first-order valence-electron chi connectivity index (χ1n) is 4.90. The monoisotopic (exact) mass is 281 g/mol. The summed E-state index contributed by atoms with van der Waals surface area (Å²) in [6, 6.07) is 5.78. The number of aryl methyl sites for hydroxylation is 1. The predicted octanol–water partition coefficient (Wildman–Crippen LogP) is 1.75. The van der Waals surface area contributed by atoms with Gasteiger partial charge < -0.3 is 5.73 Å². The highest BCUT2D eigenvalue weighted by molar-refractivity contribution is 9.10. The summed E-state index contributed by atoms with van der Waals surface area (Å²) in [7, 11) is 0. The highest BCUT2D eigenvalue weighted by Gasteiger charge is 2.13. The van der Waals surface area contributed by atoms with E-state index in [0.29, 0.717) is 5.82 Å². The van der Waals surface area contributed by atoms with Crippen LogP contribution in [0.15, 0.2) is 22.7 Å². The van der Waals surface area contributed by atoms with E-state index in [1.54, 1.807) is 4.68 Å². The molecule has 0 spiro atoms. The van der Waals surface area contributed by atoms with E-state index in [1.807, 2.05) is 32.0 Å². The van der Waals surface area contributed by atoms with Crippen molar-refractivity contribution in [3.8, 4) is 5.69 Å². The molecule has 1 atom stereocenters. The second-order valence-corrected chi connectivity index (χ2v) is 4.55. The van der Waals surface area contributed by atoms with Crippen molar-refractivity contribution >= 4 is 15.9 Å². The fourth-order valence-electron chi connectivity index (χ4n) is 1.43. The minimum Gasteiger partial charge on any atom is -0.321 e. The van der Waals surface area contributed by atoms with Gasteiger partial charge in [-0.1, -0.05) is 6.07 Å². The van der Waals surface area contributed by atoms with E-state index < -0.39 is 0 Å². The number of aromatic nitrogens is 4. The van der Waals surface area contributed by atoms with Crippen LogP contribution in [0, 0.1) is 6.92 Å². The Morgan fingerprint density at radius 2 is 2.19 bits per heavy atom. The van der Waals surface area contributed by atoms with Gasteiger partial charge in [0.2, 0.25) is 0 Å². The molecule has 1 aromatic carbocycles. The number of tetrazole rings is 1. The first kappa shape index (κ1) is 11.2. The van der Waals surface area contributed by atoms with Gasteiger partial charge in [0, 0.05) is 4.47 Å². The van der Waals surface area contributed by atoms with E-state index in [2.05, 4.69) is 31.5 Å². The van der Waals surface area contributed by atoms with Gasteiger partial charge in [-0.15, -0.1) is 5.10 Å². The third-order valence-electron chi connectivity index (χ3n) is 2.23. The molecule has 0 saturated carbocycles. The molecule has 0 saturated heterocycles. The maximum absolute atomic E-state index is 5.80. The third kappa shape index (κ3) is 1.98. The van der Waals surface area contributed by atoms with Crippen LogP contribution in [0.3, 0.4) is 0 Å². The van der Waals surface area contributed by atoms with Crippen molar-refractivity contribution in [1.29, 1.82) is 0 Å². The lowest BCUT2D eigenvalue weighted by molar-refractivity contribution is 0.687. The topological polar surface area (TPSA) is 69.6 Å². The Balaban J connectivity index is 2.54. The van der Waals surface area contributed by atoms with Gasteiger partial charge in [0.05, 0.1) is 11.7 Å². The van der Waals surface area contributed by atoms with Gasteiger partial charge in [-0.3, -0.25) is 0 Å². The molecule has 0 aliphatic heterocycles. The highest BCUT2D eigenvalue weighted by Crippen LogP contribution is 2.23. The van der Waals surface area contributed by atoms with Crippen LogP contribution in [0.25, 0.3) is 5.69 Å². The van der Waals surface area contributed by atoms with E-state index in [4.69, 9.17) is 5.73 Å². The van der Waals surface area contributed by atoms with Crippen LogP contribution < -0.4 is 5.73 Å². The van der Waals surface area contributed by atoms with E-state index >= 15 is 0 Å². The molecule has 16 heavy (non-hydrogen) atoms. The van der Waals surface area contributed by atoms with Gasteiger partial charge in [0.25, 0.3) is 0 Å². The normalized spacial score (nSPS) is 12.8. The smallest absolute Gasteiger partial charge is 0.173 e. The molecule has 0 aliphatic rings. The molecule has 1 unspecified atom stereocenters. The van der Waals surface area contributed by atoms with Gasteiger partial charge in [-0.25, -0.2) is 0 Å².